The molecule has 1 aliphatic heterocycles. The summed E-state index contributed by atoms with van der Waals surface area (Å²) in [4.78, 5) is 25.3. The molecule has 0 spiro atoms. The van der Waals surface area contributed by atoms with Gasteiger partial charge in [-0.3, -0.25) is 9.78 Å². The van der Waals surface area contributed by atoms with E-state index in [0.29, 0.717) is 25.3 Å². The van der Waals surface area contributed by atoms with Crippen LogP contribution < -0.4 is 10.5 Å². The van der Waals surface area contributed by atoms with E-state index in [4.69, 9.17) is 0 Å². The van der Waals surface area contributed by atoms with Crippen LogP contribution in [-0.4, -0.2) is 37.8 Å². The fraction of sp³-hybridized carbons (Fsp3) is 0.350. The summed E-state index contributed by atoms with van der Waals surface area (Å²) in [5, 5.41) is 4.47. The fourth-order valence-corrected chi connectivity index (χ4v) is 3.52. The van der Waals surface area contributed by atoms with Gasteiger partial charge in [-0.25, -0.2) is 14.6 Å². The molecule has 1 aliphatic rings. The summed E-state index contributed by atoms with van der Waals surface area (Å²) in [5.74, 6) is 0.466. The van der Waals surface area contributed by atoms with Gasteiger partial charge in [-0.05, 0) is 37.0 Å². The van der Waals surface area contributed by atoms with Gasteiger partial charge >= 0.3 is 6.18 Å². The Bertz CT molecular complexity index is 1060. The Kier molecular flexibility index (Phi) is 5.47. The Balaban J connectivity index is 1.43. The summed E-state index contributed by atoms with van der Waals surface area (Å²) in [6, 6.07) is 7.81. The first kappa shape index (κ1) is 20.0. The molecule has 4 rings (SSSR count). The molecule has 0 radical (unpaired) electrons. The van der Waals surface area contributed by atoms with Crippen LogP contribution in [0.2, 0.25) is 0 Å². The van der Waals surface area contributed by atoms with Crippen molar-refractivity contribution < 1.29 is 13.2 Å². The van der Waals surface area contributed by atoms with Crippen molar-refractivity contribution in [1.82, 2.24) is 24.7 Å². The molecule has 0 atom stereocenters. The van der Waals surface area contributed by atoms with Crippen molar-refractivity contribution in [3.63, 3.8) is 0 Å². The third-order valence-corrected chi connectivity index (χ3v) is 5.16. The van der Waals surface area contributed by atoms with Crippen molar-refractivity contribution >= 4 is 5.82 Å². The highest BCUT2D eigenvalue weighted by Crippen LogP contribution is 2.30. The van der Waals surface area contributed by atoms with E-state index in [2.05, 4.69) is 20.1 Å². The van der Waals surface area contributed by atoms with Crippen LogP contribution in [0.15, 0.2) is 53.8 Å². The number of aromatic nitrogens is 5. The average Bonchev–Trinajstić information content (AvgIpc) is 2.76. The smallest absolute Gasteiger partial charge is 0.356 e. The van der Waals surface area contributed by atoms with Gasteiger partial charge in [0.15, 0.2) is 0 Å². The van der Waals surface area contributed by atoms with Crippen molar-refractivity contribution in [1.29, 1.82) is 0 Å². The summed E-state index contributed by atoms with van der Waals surface area (Å²) in [6.45, 7) is 1.57. The maximum Gasteiger partial charge on any atom is 0.433 e. The lowest BCUT2D eigenvalue weighted by molar-refractivity contribution is -0.141. The predicted octanol–water partition coefficient (Wildman–Crippen LogP) is 3.03. The zero-order valence-corrected chi connectivity index (χ0v) is 16.0. The van der Waals surface area contributed by atoms with Crippen LogP contribution in [0, 0.1) is 5.92 Å². The third-order valence-electron chi connectivity index (χ3n) is 5.16. The van der Waals surface area contributed by atoms with E-state index < -0.39 is 11.9 Å². The molecule has 0 aromatic carbocycles. The number of rotatable bonds is 4. The Morgan fingerprint density at radius 3 is 2.47 bits per heavy atom. The zero-order chi connectivity index (χ0) is 21.1. The number of halogens is 3. The van der Waals surface area contributed by atoms with E-state index in [0.717, 1.165) is 30.8 Å². The molecule has 0 bridgehead atoms. The highest BCUT2D eigenvalue weighted by Gasteiger charge is 2.33. The first-order valence-corrected chi connectivity index (χ1v) is 9.53. The Morgan fingerprint density at radius 2 is 1.77 bits per heavy atom. The van der Waals surface area contributed by atoms with Gasteiger partial charge in [-0.1, -0.05) is 0 Å². The van der Waals surface area contributed by atoms with Crippen LogP contribution in [0.1, 0.15) is 18.5 Å². The van der Waals surface area contributed by atoms with Crippen molar-refractivity contribution in [3.05, 3.63) is 65.1 Å². The molecular weight excluding hydrogens is 397 g/mol. The quantitative estimate of drug-likeness (QED) is 0.651. The number of anilines is 1. The van der Waals surface area contributed by atoms with E-state index in [1.54, 1.807) is 18.5 Å². The standard InChI is InChI=1S/C20H19F3N6O/c21-20(22,23)17-11-18(26-13-25-17)28-9-5-14(6-10-28)12-29-19(30)2-1-16(27-29)15-3-7-24-8-4-15/h1-4,7-8,11,13-14H,5-6,9-10,12H2. The summed E-state index contributed by atoms with van der Waals surface area (Å²) in [7, 11) is 0. The van der Waals surface area contributed by atoms with Gasteiger partial charge in [-0.2, -0.15) is 18.3 Å². The lowest BCUT2D eigenvalue weighted by Gasteiger charge is -2.32. The van der Waals surface area contributed by atoms with E-state index >= 15 is 0 Å². The molecule has 7 nitrogen and oxygen atoms in total. The molecule has 3 aromatic heterocycles. The molecule has 0 amide bonds. The van der Waals surface area contributed by atoms with E-state index in [-0.39, 0.29) is 17.3 Å². The van der Waals surface area contributed by atoms with Gasteiger partial charge in [0.1, 0.15) is 17.8 Å². The van der Waals surface area contributed by atoms with Gasteiger partial charge in [0.25, 0.3) is 5.56 Å². The SMILES string of the molecule is O=c1ccc(-c2ccncc2)nn1CC1CCN(c2cc(C(F)(F)F)ncn2)CC1. The number of hydrogen-bond acceptors (Lipinski definition) is 6. The second-order valence-electron chi connectivity index (χ2n) is 7.16. The van der Waals surface area contributed by atoms with E-state index in [1.165, 1.54) is 10.7 Å². The number of pyridine rings is 1. The highest BCUT2D eigenvalue weighted by molar-refractivity contribution is 5.57. The maximum absolute atomic E-state index is 12.9. The molecule has 0 aliphatic carbocycles. The molecule has 3 aromatic rings. The van der Waals surface area contributed by atoms with Crippen LogP contribution in [0.4, 0.5) is 19.0 Å². The van der Waals surface area contributed by atoms with Gasteiger partial charge in [0.05, 0.1) is 5.69 Å². The molecule has 0 unspecified atom stereocenters. The molecular formula is C20H19F3N6O. The first-order valence-electron chi connectivity index (χ1n) is 9.53. The van der Waals surface area contributed by atoms with Gasteiger partial charge in [0, 0.05) is 49.7 Å². The van der Waals surface area contributed by atoms with Crippen LogP contribution in [-0.2, 0) is 12.7 Å². The average molecular weight is 416 g/mol. The number of hydrogen-bond donors (Lipinski definition) is 0. The molecule has 0 N–H and O–H groups in total. The van der Waals surface area contributed by atoms with E-state index in [1.807, 2.05) is 17.0 Å². The van der Waals surface area contributed by atoms with Crippen LogP contribution in [0.5, 0.6) is 0 Å². The first-order chi connectivity index (χ1) is 14.4. The van der Waals surface area contributed by atoms with Gasteiger partial charge in [0.2, 0.25) is 0 Å². The number of nitrogens with zero attached hydrogens (tertiary/aromatic N) is 6. The molecule has 30 heavy (non-hydrogen) atoms. The second-order valence-corrected chi connectivity index (χ2v) is 7.16. The predicted molar refractivity (Wildman–Crippen MR) is 104 cm³/mol. The number of alkyl halides is 3. The minimum Gasteiger partial charge on any atom is -0.356 e. The summed E-state index contributed by atoms with van der Waals surface area (Å²) >= 11 is 0. The van der Waals surface area contributed by atoms with Crippen LogP contribution >= 0.6 is 0 Å². The third kappa shape index (κ3) is 4.47. The highest BCUT2D eigenvalue weighted by atomic mass is 19.4. The Morgan fingerprint density at radius 1 is 1.03 bits per heavy atom. The molecule has 0 saturated carbocycles. The topological polar surface area (TPSA) is 76.8 Å². The van der Waals surface area contributed by atoms with Crippen molar-refractivity contribution in [3.8, 4) is 11.3 Å². The largest absolute Gasteiger partial charge is 0.433 e. The van der Waals surface area contributed by atoms with Gasteiger partial charge < -0.3 is 4.90 Å². The molecule has 156 valence electrons. The van der Waals surface area contributed by atoms with Crippen molar-refractivity contribution in [2.75, 3.05) is 18.0 Å². The summed E-state index contributed by atoms with van der Waals surface area (Å²) in [6.07, 6.45) is 1.22. The van der Waals surface area contributed by atoms with Crippen LogP contribution in [0.3, 0.4) is 0 Å². The van der Waals surface area contributed by atoms with Crippen LogP contribution in [0.25, 0.3) is 11.3 Å². The Labute approximate surface area is 170 Å². The normalized spacial score (nSPS) is 15.4. The zero-order valence-electron chi connectivity index (χ0n) is 16.0. The Hall–Kier alpha value is -3.30. The second kappa shape index (κ2) is 8.21. The molecule has 10 heteroatoms. The molecule has 1 fully saturated rings. The van der Waals surface area contributed by atoms with Gasteiger partial charge in [-0.15, -0.1) is 0 Å². The van der Waals surface area contributed by atoms with Crippen molar-refractivity contribution in [2.45, 2.75) is 25.6 Å². The summed E-state index contributed by atoms with van der Waals surface area (Å²) < 4.78 is 40.1. The maximum atomic E-state index is 12.9. The molecule has 4 heterocycles. The lowest BCUT2D eigenvalue weighted by atomic mass is 9.97. The number of piperidine rings is 1. The van der Waals surface area contributed by atoms with E-state index in [9.17, 15) is 18.0 Å². The molecule has 1 saturated heterocycles. The summed E-state index contributed by atoms with van der Waals surface area (Å²) in [5.41, 5.74) is 0.437. The minimum absolute atomic E-state index is 0.180. The monoisotopic (exact) mass is 416 g/mol. The van der Waals surface area contributed by atoms with Crippen molar-refractivity contribution in [2.24, 2.45) is 5.92 Å². The fourth-order valence-electron chi connectivity index (χ4n) is 3.52. The minimum atomic E-state index is -4.50. The lowest BCUT2D eigenvalue weighted by Crippen LogP contribution is -2.37.